The molecule has 2 rings (SSSR count). The van der Waals surface area contributed by atoms with Gasteiger partial charge in [0.15, 0.2) is 5.84 Å². The molecule has 1 amide bonds. The van der Waals surface area contributed by atoms with E-state index in [1.165, 1.54) is 0 Å². The first-order valence-corrected chi connectivity index (χ1v) is 6.68. The first kappa shape index (κ1) is 15.1. The van der Waals surface area contributed by atoms with Crippen molar-refractivity contribution in [1.29, 1.82) is 0 Å². The van der Waals surface area contributed by atoms with Crippen molar-refractivity contribution in [2.75, 3.05) is 38.7 Å². The number of nitrogens with zero attached hydrogens (tertiary/aromatic N) is 3. The SMILES string of the molecule is CN(C)c1ccc(C(=O)N2CCOC(C(N)=NO)C2)cc1. The Morgan fingerprint density at radius 1 is 1.43 bits per heavy atom. The summed E-state index contributed by atoms with van der Waals surface area (Å²) >= 11 is 0. The Labute approximate surface area is 123 Å². The number of amides is 1. The normalized spacial score (nSPS) is 19.4. The van der Waals surface area contributed by atoms with Gasteiger partial charge in [-0.15, -0.1) is 0 Å². The average molecular weight is 292 g/mol. The van der Waals surface area contributed by atoms with E-state index in [1.807, 2.05) is 31.1 Å². The van der Waals surface area contributed by atoms with Crippen LogP contribution in [-0.2, 0) is 4.74 Å². The van der Waals surface area contributed by atoms with Crippen molar-refractivity contribution < 1.29 is 14.7 Å². The molecule has 21 heavy (non-hydrogen) atoms. The molecule has 1 aliphatic rings. The van der Waals surface area contributed by atoms with Gasteiger partial charge in [0, 0.05) is 31.9 Å². The van der Waals surface area contributed by atoms with Crippen LogP contribution < -0.4 is 10.6 Å². The molecule has 1 unspecified atom stereocenters. The molecular formula is C14H20N4O3. The predicted molar refractivity (Wildman–Crippen MR) is 79.8 cm³/mol. The quantitative estimate of drug-likeness (QED) is 0.363. The van der Waals surface area contributed by atoms with Gasteiger partial charge < -0.3 is 25.5 Å². The fourth-order valence-corrected chi connectivity index (χ4v) is 2.16. The summed E-state index contributed by atoms with van der Waals surface area (Å²) in [5, 5.41) is 11.6. The number of ether oxygens (including phenoxy) is 1. The summed E-state index contributed by atoms with van der Waals surface area (Å²) in [7, 11) is 3.89. The molecule has 0 saturated carbocycles. The second kappa shape index (κ2) is 6.45. The van der Waals surface area contributed by atoms with E-state index >= 15 is 0 Å². The van der Waals surface area contributed by atoms with Crippen molar-refractivity contribution in [3.63, 3.8) is 0 Å². The Bertz CT molecular complexity index is 528. The van der Waals surface area contributed by atoms with Gasteiger partial charge in [-0.3, -0.25) is 4.79 Å². The molecule has 0 aliphatic carbocycles. The van der Waals surface area contributed by atoms with E-state index < -0.39 is 6.10 Å². The molecule has 0 spiro atoms. The summed E-state index contributed by atoms with van der Waals surface area (Å²) in [6.45, 7) is 1.13. The molecule has 0 aromatic heterocycles. The number of hydrogen-bond donors (Lipinski definition) is 2. The topological polar surface area (TPSA) is 91.4 Å². The third-order valence-corrected chi connectivity index (χ3v) is 3.43. The monoisotopic (exact) mass is 292 g/mol. The number of morpholine rings is 1. The van der Waals surface area contributed by atoms with Crippen LogP contribution in [0.25, 0.3) is 0 Å². The standard InChI is InChI=1S/C14H20N4O3/c1-17(2)11-5-3-10(4-6-11)14(19)18-7-8-21-12(9-18)13(15)16-20/h3-6,12,20H,7-9H2,1-2H3,(H2,15,16). The van der Waals surface area contributed by atoms with Gasteiger partial charge in [-0.25, -0.2) is 0 Å². The van der Waals surface area contributed by atoms with Crippen LogP contribution in [-0.4, -0.2) is 61.7 Å². The number of nitrogens with two attached hydrogens (primary N) is 1. The minimum absolute atomic E-state index is 0.0181. The number of anilines is 1. The van der Waals surface area contributed by atoms with Crippen LogP contribution in [0.2, 0.25) is 0 Å². The fraction of sp³-hybridized carbons (Fsp3) is 0.429. The van der Waals surface area contributed by atoms with Crippen LogP contribution in [0.1, 0.15) is 10.4 Å². The Morgan fingerprint density at radius 3 is 2.67 bits per heavy atom. The van der Waals surface area contributed by atoms with Crippen LogP contribution in [0.5, 0.6) is 0 Å². The minimum atomic E-state index is -0.561. The highest BCUT2D eigenvalue weighted by atomic mass is 16.5. The Morgan fingerprint density at radius 2 is 2.10 bits per heavy atom. The van der Waals surface area contributed by atoms with Crippen molar-refractivity contribution in [2.45, 2.75) is 6.10 Å². The zero-order chi connectivity index (χ0) is 15.4. The van der Waals surface area contributed by atoms with Gasteiger partial charge in [-0.2, -0.15) is 0 Å². The molecule has 1 aromatic carbocycles. The van der Waals surface area contributed by atoms with E-state index in [-0.39, 0.29) is 18.3 Å². The largest absolute Gasteiger partial charge is 0.409 e. The predicted octanol–water partition coefficient (Wildman–Crippen LogP) is 0.340. The van der Waals surface area contributed by atoms with E-state index in [4.69, 9.17) is 15.7 Å². The average Bonchev–Trinajstić information content (AvgIpc) is 2.53. The molecule has 0 radical (unpaired) electrons. The second-order valence-corrected chi connectivity index (χ2v) is 5.08. The molecule has 0 bridgehead atoms. The lowest BCUT2D eigenvalue weighted by Gasteiger charge is -2.32. The zero-order valence-corrected chi connectivity index (χ0v) is 12.2. The molecule has 1 aromatic rings. The van der Waals surface area contributed by atoms with Crippen molar-refractivity contribution in [1.82, 2.24) is 4.90 Å². The lowest BCUT2D eigenvalue weighted by Crippen LogP contribution is -2.50. The highest BCUT2D eigenvalue weighted by Crippen LogP contribution is 2.15. The van der Waals surface area contributed by atoms with Gasteiger partial charge in [0.2, 0.25) is 0 Å². The van der Waals surface area contributed by atoms with E-state index in [0.29, 0.717) is 18.7 Å². The smallest absolute Gasteiger partial charge is 0.254 e. The Kier molecular flexibility index (Phi) is 4.64. The van der Waals surface area contributed by atoms with Crippen molar-refractivity contribution in [2.24, 2.45) is 10.9 Å². The number of benzene rings is 1. The maximum Gasteiger partial charge on any atom is 0.254 e. The molecule has 7 heteroatoms. The number of hydrogen-bond acceptors (Lipinski definition) is 5. The molecule has 1 aliphatic heterocycles. The molecular weight excluding hydrogens is 272 g/mol. The maximum atomic E-state index is 12.5. The number of amidine groups is 1. The zero-order valence-electron chi connectivity index (χ0n) is 12.2. The molecule has 1 heterocycles. The number of oxime groups is 1. The summed E-state index contributed by atoms with van der Waals surface area (Å²) in [5.41, 5.74) is 7.18. The summed E-state index contributed by atoms with van der Waals surface area (Å²) in [6, 6.07) is 7.39. The summed E-state index contributed by atoms with van der Waals surface area (Å²) in [4.78, 5) is 16.1. The van der Waals surface area contributed by atoms with Crippen LogP contribution in [0.4, 0.5) is 5.69 Å². The lowest BCUT2D eigenvalue weighted by molar-refractivity contribution is 0.00676. The molecule has 1 saturated heterocycles. The summed E-state index contributed by atoms with van der Waals surface area (Å²) < 4.78 is 5.38. The maximum absolute atomic E-state index is 12.5. The van der Waals surface area contributed by atoms with E-state index in [1.54, 1.807) is 17.0 Å². The molecule has 3 N–H and O–H groups in total. The van der Waals surface area contributed by atoms with Crippen LogP contribution in [0.3, 0.4) is 0 Å². The van der Waals surface area contributed by atoms with Crippen LogP contribution in [0, 0.1) is 0 Å². The van der Waals surface area contributed by atoms with Gasteiger partial charge in [-0.1, -0.05) is 5.16 Å². The second-order valence-electron chi connectivity index (χ2n) is 5.08. The molecule has 7 nitrogen and oxygen atoms in total. The third-order valence-electron chi connectivity index (χ3n) is 3.43. The van der Waals surface area contributed by atoms with Gasteiger partial charge in [0.05, 0.1) is 13.2 Å². The van der Waals surface area contributed by atoms with Crippen LogP contribution in [0.15, 0.2) is 29.4 Å². The number of carbonyl (C=O) groups excluding carboxylic acids is 1. The highest BCUT2D eigenvalue weighted by molar-refractivity contribution is 5.95. The highest BCUT2D eigenvalue weighted by Gasteiger charge is 2.27. The van der Waals surface area contributed by atoms with Gasteiger partial charge >= 0.3 is 0 Å². The lowest BCUT2D eigenvalue weighted by atomic mass is 10.1. The summed E-state index contributed by atoms with van der Waals surface area (Å²) in [5.74, 6) is -0.102. The van der Waals surface area contributed by atoms with E-state index in [0.717, 1.165) is 5.69 Å². The van der Waals surface area contributed by atoms with Crippen molar-refractivity contribution in [3.8, 4) is 0 Å². The number of carbonyl (C=O) groups is 1. The molecule has 1 fully saturated rings. The summed E-state index contributed by atoms with van der Waals surface area (Å²) in [6.07, 6.45) is -0.561. The van der Waals surface area contributed by atoms with E-state index in [2.05, 4.69) is 5.16 Å². The first-order valence-electron chi connectivity index (χ1n) is 6.68. The first-order chi connectivity index (χ1) is 10.0. The van der Waals surface area contributed by atoms with Crippen molar-refractivity contribution in [3.05, 3.63) is 29.8 Å². The van der Waals surface area contributed by atoms with Crippen LogP contribution >= 0.6 is 0 Å². The van der Waals surface area contributed by atoms with Gasteiger partial charge in [0.25, 0.3) is 5.91 Å². The van der Waals surface area contributed by atoms with E-state index in [9.17, 15) is 4.79 Å². The third kappa shape index (κ3) is 3.43. The van der Waals surface area contributed by atoms with Crippen molar-refractivity contribution >= 4 is 17.4 Å². The molecule has 114 valence electrons. The van der Waals surface area contributed by atoms with Gasteiger partial charge in [-0.05, 0) is 24.3 Å². The number of rotatable bonds is 3. The Balaban J connectivity index is 2.08. The Hall–Kier alpha value is -2.28. The van der Waals surface area contributed by atoms with Gasteiger partial charge in [0.1, 0.15) is 6.10 Å². The molecule has 1 atom stereocenters. The fourth-order valence-electron chi connectivity index (χ4n) is 2.16. The minimum Gasteiger partial charge on any atom is -0.409 e.